The van der Waals surface area contributed by atoms with Gasteiger partial charge in [0, 0.05) is 0 Å². The normalized spacial score (nSPS) is 15.0. The molecule has 1 saturated carbocycles. The van der Waals surface area contributed by atoms with Gasteiger partial charge < -0.3 is 4.74 Å². The lowest BCUT2D eigenvalue weighted by Gasteiger charge is -2.22. The highest BCUT2D eigenvalue weighted by molar-refractivity contribution is 5.72. The quantitative estimate of drug-likeness (QED) is 0.348. The molecule has 3 rings (SSSR count). The van der Waals surface area contributed by atoms with Crippen LogP contribution in [-0.2, 0) is 11.3 Å². The van der Waals surface area contributed by atoms with Crippen molar-refractivity contribution in [2.24, 2.45) is 0 Å². The van der Waals surface area contributed by atoms with Gasteiger partial charge in [-0.2, -0.15) is 5.10 Å². The Morgan fingerprint density at radius 3 is 2.46 bits per heavy atom. The number of ether oxygens (including phenoxy) is 1. The summed E-state index contributed by atoms with van der Waals surface area (Å²) in [6.45, 7) is 2.96. The largest absolute Gasteiger partial charge is 0.425 e. The number of esters is 1. The standard InChI is InChI=1S/C19H23N3O4/c1-13-19(22(24)25)14(2)21(20-13)12-18(23)26-17-10-8-16(9-11-17)15-6-4-3-5-7-15/h8-11,15H,3-7,12H2,1-2H3. The third kappa shape index (κ3) is 3.92. The molecule has 1 fully saturated rings. The first-order valence-corrected chi connectivity index (χ1v) is 8.94. The molecule has 138 valence electrons. The monoisotopic (exact) mass is 357 g/mol. The van der Waals surface area contributed by atoms with E-state index in [0.29, 0.717) is 17.4 Å². The average molecular weight is 357 g/mol. The topological polar surface area (TPSA) is 87.3 Å². The van der Waals surface area contributed by atoms with Gasteiger partial charge in [0.2, 0.25) is 0 Å². The van der Waals surface area contributed by atoms with Gasteiger partial charge in [-0.25, -0.2) is 4.79 Å². The Labute approximate surface area is 152 Å². The Bertz CT molecular complexity index is 805. The summed E-state index contributed by atoms with van der Waals surface area (Å²) >= 11 is 0. The number of rotatable bonds is 5. The van der Waals surface area contributed by atoms with Crippen LogP contribution in [0.5, 0.6) is 5.75 Å². The lowest BCUT2D eigenvalue weighted by atomic mass is 9.84. The second-order valence-electron chi connectivity index (χ2n) is 6.81. The van der Waals surface area contributed by atoms with Gasteiger partial charge in [-0.15, -0.1) is 0 Å². The second kappa shape index (κ2) is 7.68. The molecule has 1 aliphatic carbocycles. The second-order valence-corrected chi connectivity index (χ2v) is 6.81. The number of carbonyl (C=O) groups is 1. The fourth-order valence-electron chi connectivity index (χ4n) is 3.64. The van der Waals surface area contributed by atoms with Crippen LogP contribution in [0.25, 0.3) is 0 Å². The molecule has 0 N–H and O–H groups in total. The summed E-state index contributed by atoms with van der Waals surface area (Å²) in [6.07, 6.45) is 6.30. The number of aryl methyl sites for hydroxylation is 1. The van der Waals surface area contributed by atoms with Crippen molar-refractivity contribution in [2.45, 2.75) is 58.4 Å². The Hall–Kier alpha value is -2.70. The first-order valence-electron chi connectivity index (χ1n) is 8.94. The van der Waals surface area contributed by atoms with E-state index in [0.717, 1.165) is 0 Å². The van der Waals surface area contributed by atoms with Crippen LogP contribution in [0, 0.1) is 24.0 Å². The number of hydrogen-bond acceptors (Lipinski definition) is 5. The van der Waals surface area contributed by atoms with Crippen molar-refractivity contribution < 1.29 is 14.5 Å². The maximum Gasteiger partial charge on any atom is 0.333 e. The van der Waals surface area contributed by atoms with E-state index < -0.39 is 10.9 Å². The number of nitrogens with zero attached hydrogens (tertiary/aromatic N) is 3. The molecule has 0 saturated heterocycles. The number of benzene rings is 1. The zero-order valence-electron chi connectivity index (χ0n) is 15.1. The summed E-state index contributed by atoms with van der Waals surface area (Å²) in [5.74, 6) is 0.574. The molecule has 7 heteroatoms. The summed E-state index contributed by atoms with van der Waals surface area (Å²) in [4.78, 5) is 22.7. The van der Waals surface area contributed by atoms with Gasteiger partial charge in [-0.1, -0.05) is 31.4 Å². The van der Waals surface area contributed by atoms with E-state index in [1.165, 1.54) is 42.3 Å². The van der Waals surface area contributed by atoms with Crippen molar-refractivity contribution in [1.29, 1.82) is 0 Å². The van der Waals surface area contributed by atoms with Crippen molar-refractivity contribution in [2.75, 3.05) is 0 Å². The summed E-state index contributed by atoms with van der Waals surface area (Å²) < 4.78 is 6.67. The molecule has 26 heavy (non-hydrogen) atoms. The van der Waals surface area contributed by atoms with E-state index in [1.54, 1.807) is 13.8 Å². The molecule has 7 nitrogen and oxygen atoms in total. The SMILES string of the molecule is Cc1nn(CC(=O)Oc2ccc(C3CCCCC3)cc2)c(C)c1[N+](=O)[O-]. The molecular formula is C19H23N3O4. The molecule has 0 aliphatic heterocycles. The molecule has 1 heterocycles. The Balaban J connectivity index is 1.63. The van der Waals surface area contributed by atoms with Crippen LogP contribution < -0.4 is 4.74 Å². The highest BCUT2D eigenvalue weighted by atomic mass is 16.6. The number of hydrogen-bond donors (Lipinski definition) is 0. The van der Waals surface area contributed by atoms with E-state index in [9.17, 15) is 14.9 Å². The first kappa shape index (κ1) is 18.1. The molecule has 1 aromatic heterocycles. The molecule has 1 aliphatic rings. The van der Waals surface area contributed by atoms with Crippen molar-refractivity contribution in [3.8, 4) is 5.75 Å². The van der Waals surface area contributed by atoms with Crippen LogP contribution in [0.3, 0.4) is 0 Å². The first-order chi connectivity index (χ1) is 12.5. The number of aromatic nitrogens is 2. The zero-order valence-corrected chi connectivity index (χ0v) is 15.1. The van der Waals surface area contributed by atoms with E-state index >= 15 is 0 Å². The molecule has 1 aromatic carbocycles. The van der Waals surface area contributed by atoms with E-state index in [-0.39, 0.29) is 17.9 Å². The minimum Gasteiger partial charge on any atom is -0.425 e. The van der Waals surface area contributed by atoms with Gasteiger partial charge in [0.1, 0.15) is 23.7 Å². The van der Waals surface area contributed by atoms with Gasteiger partial charge in [-0.05, 0) is 50.3 Å². The molecule has 0 atom stereocenters. The molecule has 0 amide bonds. The fourth-order valence-corrected chi connectivity index (χ4v) is 3.64. The summed E-state index contributed by atoms with van der Waals surface area (Å²) in [7, 11) is 0. The minimum absolute atomic E-state index is 0.0605. The van der Waals surface area contributed by atoms with Crippen LogP contribution in [0.4, 0.5) is 5.69 Å². The molecule has 0 spiro atoms. The molecule has 2 aromatic rings. The fraction of sp³-hybridized carbons (Fsp3) is 0.474. The highest BCUT2D eigenvalue weighted by Crippen LogP contribution is 2.33. The van der Waals surface area contributed by atoms with E-state index in [4.69, 9.17) is 4.74 Å². The molecule has 0 radical (unpaired) electrons. The molecule has 0 unspecified atom stereocenters. The van der Waals surface area contributed by atoms with Gasteiger partial charge >= 0.3 is 11.7 Å². The van der Waals surface area contributed by atoms with Crippen molar-refractivity contribution in [3.05, 3.63) is 51.3 Å². The number of carbonyl (C=O) groups excluding carboxylic acids is 1. The zero-order chi connectivity index (χ0) is 18.7. The predicted octanol–water partition coefficient (Wildman–Crippen LogP) is 4.06. The third-order valence-electron chi connectivity index (χ3n) is 4.99. The van der Waals surface area contributed by atoms with E-state index in [1.807, 2.05) is 24.3 Å². The number of nitro groups is 1. The van der Waals surface area contributed by atoms with Crippen molar-refractivity contribution in [3.63, 3.8) is 0 Å². The van der Waals surface area contributed by atoms with Crippen LogP contribution in [0.1, 0.15) is 55.0 Å². The van der Waals surface area contributed by atoms with Gasteiger partial charge in [0.25, 0.3) is 0 Å². The Morgan fingerprint density at radius 2 is 1.88 bits per heavy atom. The van der Waals surface area contributed by atoms with Crippen molar-refractivity contribution in [1.82, 2.24) is 9.78 Å². The van der Waals surface area contributed by atoms with Gasteiger partial charge in [-0.3, -0.25) is 14.8 Å². The highest BCUT2D eigenvalue weighted by Gasteiger charge is 2.23. The summed E-state index contributed by atoms with van der Waals surface area (Å²) in [5.41, 5.74) is 1.86. The summed E-state index contributed by atoms with van der Waals surface area (Å²) in [6, 6.07) is 7.66. The van der Waals surface area contributed by atoms with Gasteiger partial charge in [0.05, 0.1) is 4.92 Å². The molecular weight excluding hydrogens is 334 g/mol. The average Bonchev–Trinajstić information content (AvgIpc) is 2.89. The lowest BCUT2D eigenvalue weighted by molar-refractivity contribution is -0.386. The van der Waals surface area contributed by atoms with Crippen LogP contribution in [0.2, 0.25) is 0 Å². The molecule has 0 bridgehead atoms. The smallest absolute Gasteiger partial charge is 0.333 e. The van der Waals surface area contributed by atoms with Crippen molar-refractivity contribution >= 4 is 11.7 Å². The Morgan fingerprint density at radius 1 is 1.23 bits per heavy atom. The Kier molecular flexibility index (Phi) is 5.35. The third-order valence-corrected chi connectivity index (χ3v) is 4.99. The van der Waals surface area contributed by atoms with E-state index in [2.05, 4.69) is 5.10 Å². The van der Waals surface area contributed by atoms with Gasteiger partial charge in [0.15, 0.2) is 0 Å². The summed E-state index contributed by atoms with van der Waals surface area (Å²) in [5, 5.41) is 15.1. The maximum atomic E-state index is 12.2. The van der Waals surface area contributed by atoms with Crippen LogP contribution in [-0.4, -0.2) is 20.7 Å². The lowest BCUT2D eigenvalue weighted by Crippen LogP contribution is -2.18. The minimum atomic E-state index is -0.504. The van der Waals surface area contributed by atoms with Crippen LogP contribution >= 0.6 is 0 Å². The maximum absolute atomic E-state index is 12.2. The van der Waals surface area contributed by atoms with Crippen LogP contribution in [0.15, 0.2) is 24.3 Å². The predicted molar refractivity (Wildman–Crippen MR) is 96.3 cm³/mol.